The Bertz CT molecular complexity index is 742. The smallest absolute Gasteiger partial charge is 0.375 e. The predicted octanol–water partition coefficient (Wildman–Crippen LogP) is 3.60. The van der Waals surface area contributed by atoms with Crippen molar-refractivity contribution in [1.82, 2.24) is 5.16 Å². The molecule has 2 heterocycles. The van der Waals surface area contributed by atoms with E-state index in [0.717, 1.165) is 11.3 Å². The topological polar surface area (TPSA) is 65.5 Å². The number of hydrogen-bond donors (Lipinski definition) is 0. The maximum Gasteiger partial charge on any atom is 0.375 e. The molecule has 0 amide bonds. The molecule has 5 nitrogen and oxygen atoms in total. The Labute approximate surface area is 121 Å². The number of benzene rings is 1. The first-order chi connectivity index (χ1) is 10.2. The van der Waals surface area contributed by atoms with Crippen LogP contribution in [0.15, 0.2) is 57.7 Å². The fraction of sp³-hybridized carbons (Fsp3) is 0.125. The van der Waals surface area contributed by atoms with E-state index in [1.165, 1.54) is 6.26 Å². The van der Waals surface area contributed by atoms with Crippen LogP contribution in [0.5, 0.6) is 0 Å². The summed E-state index contributed by atoms with van der Waals surface area (Å²) in [6.07, 6.45) is 1.47. The van der Waals surface area contributed by atoms with Crippen LogP contribution in [0.1, 0.15) is 22.0 Å². The van der Waals surface area contributed by atoms with E-state index in [9.17, 15) is 4.79 Å². The summed E-state index contributed by atoms with van der Waals surface area (Å²) in [6.45, 7) is 1.82. The summed E-state index contributed by atoms with van der Waals surface area (Å²) >= 11 is 0. The van der Waals surface area contributed by atoms with Gasteiger partial charge in [-0.15, -0.1) is 0 Å². The monoisotopic (exact) mass is 283 g/mol. The Hall–Kier alpha value is -2.82. The van der Waals surface area contributed by atoms with Crippen molar-refractivity contribution >= 4 is 5.97 Å². The van der Waals surface area contributed by atoms with Crippen LogP contribution in [-0.4, -0.2) is 11.1 Å². The number of ether oxygens (including phenoxy) is 1. The zero-order valence-corrected chi connectivity index (χ0v) is 11.4. The molecular weight excluding hydrogens is 270 g/mol. The third kappa shape index (κ3) is 2.86. The first-order valence-corrected chi connectivity index (χ1v) is 6.46. The SMILES string of the molecule is Cc1cc(COC(=O)c2occc2-c2ccccc2)on1. The van der Waals surface area contributed by atoms with Gasteiger partial charge in [0, 0.05) is 11.6 Å². The van der Waals surface area contributed by atoms with E-state index in [2.05, 4.69) is 5.16 Å². The number of rotatable bonds is 4. The predicted molar refractivity (Wildman–Crippen MR) is 74.5 cm³/mol. The van der Waals surface area contributed by atoms with Gasteiger partial charge in [0.1, 0.15) is 0 Å². The molecule has 0 saturated heterocycles. The lowest BCUT2D eigenvalue weighted by Crippen LogP contribution is -2.05. The van der Waals surface area contributed by atoms with Gasteiger partial charge in [0.2, 0.25) is 5.76 Å². The number of carbonyl (C=O) groups excluding carboxylic acids is 1. The minimum atomic E-state index is -0.534. The zero-order valence-electron chi connectivity index (χ0n) is 11.4. The maximum absolute atomic E-state index is 12.1. The molecule has 0 fully saturated rings. The van der Waals surface area contributed by atoms with Gasteiger partial charge in [-0.1, -0.05) is 35.5 Å². The van der Waals surface area contributed by atoms with Gasteiger partial charge in [0.15, 0.2) is 12.4 Å². The van der Waals surface area contributed by atoms with Gasteiger partial charge in [-0.2, -0.15) is 0 Å². The lowest BCUT2D eigenvalue weighted by atomic mass is 10.1. The van der Waals surface area contributed by atoms with Crippen LogP contribution in [0.3, 0.4) is 0 Å². The fourth-order valence-electron chi connectivity index (χ4n) is 2.00. The number of carbonyl (C=O) groups is 1. The van der Waals surface area contributed by atoms with Gasteiger partial charge < -0.3 is 13.7 Å². The molecule has 0 aliphatic heterocycles. The second-order valence-electron chi connectivity index (χ2n) is 4.54. The van der Waals surface area contributed by atoms with Crippen molar-refractivity contribution in [1.29, 1.82) is 0 Å². The molecule has 21 heavy (non-hydrogen) atoms. The molecule has 0 bridgehead atoms. The van der Waals surface area contributed by atoms with E-state index < -0.39 is 5.97 Å². The Morgan fingerprint density at radius 2 is 2.05 bits per heavy atom. The van der Waals surface area contributed by atoms with E-state index in [4.69, 9.17) is 13.7 Å². The Balaban J connectivity index is 1.75. The molecular formula is C16H13NO4. The van der Waals surface area contributed by atoms with E-state index in [1.54, 1.807) is 19.1 Å². The number of nitrogens with zero attached hydrogens (tertiary/aromatic N) is 1. The van der Waals surface area contributed by atoms with Crippen LogP contribution < -0.4 is 0 Å². The number of furan rings is 1. The quantitative estimate of drug-likeness (QED) is 0.684. The average molecular weight is 283 g/mol. The summed E-state index contributed by atoms with van der Waals surface area (Å²) in [5.41, 5.74) is 2.34. The zero-order chi connectivity index (χ0) is 14.7. The lowest BCUT2D eigenvalue weighted by Gasteiger charge is -2.03. The van der Waals surface area contributed by atoms with Crippen molar-refractivity contribution in [3.05, 3.63) is 65.9 Å². The van der Waals surface area contributed by atoms with Crippen molar-refractivity contribution in [2.24, 2.45) is 0 Å². The van der Waals surface area contributed by atoms with Crippen molar-refractivity contribution < 1.29 is 18.5 Å². The van der Waals surface area contributed by atoms with Crippen LogP contribution in [0, 0.1) is 6.92 Å². The largest absolute Gasteiger partial charge is 0.457 e. The molecule has 0 spiro atoms. The van der Waals surface area contributed by atoms with Gasteiger partial charge >= 0.3 is 5.97 Å². The summed E-state index contributed by atoms with van der Waals surface area (Å²) < 4.78 is 15.4. The molecule has 0 radical (unpaired) electrons. The fourth-order valence-corrected chi connectivity index (χ4v) is 2.00. The minimum Gasteiger partial charge on any atom is -0.457 e. The highest BCUT2D eigenvalue weighted by molar-refractivity contribution is 5.94. The molecule has 2 aromatic heterocycles. The van der Waals surface area contributed by atoms with E-state index >= 15 is 0 Å². The summed E-state index contributed by atoms with van der Waals surface area (Å²) in [6, 6.07) is 13.0. The van der Waals surface area contributed by atoms with Crippen molar-refractivity contribution in [2.45, 2.75) is 13.5 Å². The van der Waals surface area contributed by atoms with E-state index in [1.807, 2.05) is 30.3 Å². The van der Waals surface area contributed by atoms with Gasteiger partial charge in [0.25, 0.3) is 0 Å². The average Bonchev–Trinajstić information content (AvgIpc) is 3.14. The first kappa shape index (κ1) is 13.2. The Morgan fingerprint density at radius 1 is 1.24 bits per heavy atom. The second-order valence-corrected chi connectivity index (χ2v) is 4.54. The highest BCUT2D eigenvalue weighted by atomic mass is 16.6. The maximum atomic E-state index is 12.1. The number of aromatic nitrogens is 1. The molecule has 3 aromatic rings. The number of esters is 1. The van der Waals surface area contributed by atoms with Crippen molar-refractivity contribution in [3.8, 4) is 11.1 Å². The molecule has 0 atom stereocenters. The summed E-state index contributed by atoms with van der Waals surface area (Å²) in [5, 5.41) is 3.73. The number of aryl methyl sites for hydroxylation is 1. The molecule has 0 aliphatic carbocycles. The van der Waals surface area contributed by atoms with Crippen LogP contribution in [-0.2, 0) is 11.3 Å². The summed E-state index contributed by atoms with van der Waals surface area (Å²) in [5.74, 6) is 0.138. The Kier molecular flexibility index (Phi) is 3.55. The molecule has 5 heteroatoms. The van der Waals surface area contributed by atoms with Crippen LogP contribution in [0.25, 0.3) is 11.1 Å². The van der Waals surface area contributed by atoms with Crippen LogP contribution in [0.4, 0.5) is 0 Å². The van der Waals surface area contributed by atoms with Gasteiger partial charge in [-0.3, -0.25) is 0 Å². The third-order valence-corrected chi connectivity index (χ3v) is 2.96. The van der Waals surface area contributed by atoms with Gasteiger partial charge in [0.05, 0.1) is 12.0 Å². The third-order valence-electron chi connectivity index (χ3n) is 2.96. The minimum absolute atomic E-state index is 0.0224. The normalized spacial score (nSPS) is 10.5. The van der Waals surface area contributed by atoms with E-state index in [0.29, 0.717) is 11.3 Å². The van der Waals surface area contributed by atoms with Crippen molar-refractivity contribution in [3.63, 3.8) is 0 Å². The first-order valence-electron chi connectivity index (χ1n) is 6.46. The molecule has 1 aromatic carbocycles. The molecule has 0 saturated carbocycles. The van der Waals surface area contributed by atoms with Crippen LogP contribution >= 0.6 is 0 Å². The van der Waals surface area contributed by atoms with Gasteiger partial charge in [-0.05, 0) is 18.6 Å². The molecule has 3 rings (SSSR count). The van der Waals surface area contributed by atoms with Gasteiger partial charge in [-0.25, -0.2) is 4.79 Å². The number of hydrogen-bond acceptors (Lipinski definition) is 5. The van der Waals surface area contributed by atoms with E-state index in [-0.39, 0.29) is 12.4 Å². The van der Waals surface area contributed by atoms with Crippen molar-refractivity contribution in [2.75, 3.05) is 0 Å². The molecule has 0 N–H and O–H groups in total. The van der Waals surface area contributed by atoms with Crippen LogP contribution in [0.2, 0.25) is 0 Å². The Morgan fingerprint density at radius 3 is 2.76 bits per heavy atom. The summed E-state index contributed by atoms with van der Waals surface area (Å²) in [7, 11) is 0. The highest BCUT2D eigenvalue weighted by Crippen LogP contribution is 2.25. The second kappa shape index (κ2) is 5.66. The lowest BCUT2D eigenvalue weighted by molar-refractivity contribution is 0.0402. The molecule has 0 aliphatic rings. The molecule has 0 unspecified atom stereocenters. The molecule has 106 valence electrons. The summed E-state index contributed by atoms with van der Waals surface area (Å²) in [4.78, 5) is 12.1. The standard InChI is InChI=1S/C16H13NO4/c1-11-9-13(21-17-11)10-20-16(18)15-14(7-8-19-15)12-5-3-2-4-6-12/h2-9H,10H2,1H3. The highest BCUT2D eigenvalue weighted by Gasteiger charge is 2.18.